The zero-order valence-electron chi connectivity index (χ0n) is 17.4. The Morgan fingerprint density at radius 2 is 1.65 bits per heavy atom. The highest BCUT2D eigenvalue weighted by Crippen LogP contribution is 2.44. The van der Waals surface area contributed by atoms with Crippen LogP contribution in [0.25, 0.3) is 11.1 Å². The van der Waals surface area contributed by atoms with Crippen molar-refractivity contribution in [2.24, 2.45) is 5.92 Å². The van der Waals surface area contributed by atoms with Gasteiger partial charge in [-0.05, 0) is 41.5 Å². The number of carboxylic acids is 1. The lowest BCUT2D eigenvalue weighted by Crippen LogP contribution is -2.56. The maximum atomic E-state index is 12.5. The zero-order valence-corrected chi connectivity index (χ0v) is 17.4. The van der Waals surface area contributed by atoms with Gasteiger partial charge in [-0.3, -0.25) is 9.59 Å². The Morgan fingerprint density at radius 3 is 2.23 bits per heavy atom. The Bertz CT molecular complexity index is 953. The van der Waals surface area contributed by atoms with E-state index in [0.717, 1.165) is 22.3 Å². The summed E-state index contributed by atoms with van der Waals surface area (Å²) in [5.41, 5.74) is 4.58. The third-order valence-corrected chi connectivity index (χ3v) is 6.08. The molecule has 0 spiro atoms. The molecule has 1 fully saturated rings. The summed E-state index contributed by atoms with van der Waals surface area (Å²) in [6, 6.07) is 15.5. The summed E-state index contributed by atoms with van der Waals surface area (Å²) in [6.45, 7) is 2.89. The molecule has 0 saturated carbocycles. The highest BCUT2D eigenvalue weighted by Gasteiger charge is 2.34. The van der Waals surface area contributed by atoms with E-state index < -0.39 is 18.1 Å². The van der Waals surface area contributed by atoms with E-state index in [4.69, 9.17) is 9.84 Å². The lowest BCUT2D eigenvalue weighted by molar-refractivity contribution is -0.140. The number of carbonyl (C=O) groups excluding carboxylic acids is 2. The number of rotatable bonds is 7. The largest absolute Gasteiger partial charge is 0.481 e. The van der Waals surface area contributed by atoms with Crippen LogP contribution in [0.4, 0.5) is 4.79 Å². The van der Waals surface area contributed by atoms with Gasteiger partial charge in [-0.1, -0.05) is 48.5 Å². The summed E-state index contributed by atoms with van der Waals surface area (Å²) >= 11 is 0. The van der Waals surface area contributed by atoms with Crippen LogP contribution in [0, 0.1) is 5.92 Å². The van der Waals surface area contributed by atoms with Gasteiger partial charge in [-0.15, -0.1) is 0 Å². The average Bonchev–Trinajstić information content (AvgIpc) is 3.04. The molecule has 31 heavy (non-hydrogen) atoms. The minimum absolute atomic E-state index is 0.0328. The molecule has 0 bridgehead atoms. The molecule has 0 aromatic heterocycles. The van der Waals surface area contributed by atoms with Crippen molar-refractivity contribution < 1.29 is 24.2 Å². The fraction of sp³-hybridized carbons (Fsp3) is 0.375. The smallest absolute Gasteiger partial charge is 0.407 e. The molecule has 1 heterocycles. The van der Waals surface area contributed by atoms with Crippen LogP contribution in [0.5, 0.6) is 0 Å². The molecule has 162 valence electrons. The number of ether oxygens (including phenoxy) is 1. The number of carbonyl (C=O) groups is 3. The molecule has 7 nitrogen and oxygen atoms in total. The standard InChI is InChI=1S/C24H26N2O5/c1-15(23(29)26-12-16(13-26)10-11-22(27)28)25-24(30)31-14-21-19-8-4-2-6-17(19)18-7-3-5-9-20(18)21/h2-9,15-16,21H,10-14H2,1H3,(H,25,30)(H,27,28). The van der Waals surface area contributed by atoms with E-state index in [2.05, 4.69) is 29.6 Å². The lowest BCUT2D eigenvalue weighted by atomic mass is 9.94. The molecule has 1 saturated heterocycles. The topological polar surface area (TPSA) is 95.9 Å². The molecule has 2 aromatic rings. The molecule has 2 aliphatic rings. The van der Waals surface area contributed by atoms with Crippen LogP contribution in [0.2, 0.25) is 0 Å². The third-order valence-electron chi connectivity index (χ3n) is 6.08. The third kappa shape index (κ3) is 4.40. The molecule has 7 heteroatoms. The second-order valence-corrected chi connectivity index (χ2v) is 8.23. The maximum Gasteiger partial charge on any atom is 0.407 e. The van der Waals surface area contributed by atoms with Crippen LogP contribution in [-0.2, 0) is 14.3 Å². The molecule has 1 unspecified atom stereocenters. The van der Waals surface area contributed by atoms with E-state index in [-0.39, 0.29) is 30.8 Å². The number of carboxylic acid groups (broad SMARTS) is 1. The average molecular weight is 422 g/mol. The predicted molar refractivity (Wildman–Crippen MR) is 115 cm³/mol. The first-order chi connectivity index (χ1) is 14.9. The Morgan fingerprint density at radius 1 is 1.06 bits per heavy atom. The van der Waals surface area contributed by atoms with Crippen molar-refractivity contribution >= 4 is 18.0 Å². The number of alkyl carbamates (subject to hydrolysis) is 1. The minimum atomic E-state index is -0.824. The second kappa shape index (κ2) is 8.79. The molecule has 2 N–H and O–H groups in total. The van der Waals surface area contributed by atoms with Gasteiger partial charge in [-0.2, -0.15) is 0 Å². The van der Waals surface area contributed by atoms with Crippen LogP contribution in [0.15, 0.2) is 48.5 Å². The van der Waals surface area contributed by atoms with E-state index in [1.165, 1.54) is 0 Å². The van der Waals surface area contributed by atoms with Crippen LogP contribution in [0.3, 0.4) is 0 Å². The number of amides is 2. The van der Waals surface area contributed by atoms with Crippen LogP contribution >= 0.6 is 0 Å². The number of likely N-dealkylation sites (tertiary alicyclic amines) is 1. The van der Waals surface area contributed by atoms with Gasteiger partial charge >= 0.3 is 12.1 Å². The van der Waals surface area contributed by atoms with Gasteiger partial charge in [0.25, 0.3) is 0 Å². The zero-order chi connectivity index (χ0) is 22.0. The summed E-state index contributed by atoms with van der Waals surface area (Å²) in [6.07, 6.45) is 0.0544. The van der Waals surface area contributed by atoms with Gasteiger partial charge in [0.2, 0.25) is 5.91 Å². The molecule has 1 aliphatic carbocycles. The molecule has 1 atom stereocenters. The molecular formula is C24H26N2O5. The van der Waals surface area contributed by atoms with Gasteiger partial charge in [-0.25, -0.2) is 4.79 Å². The first-order valence-corrected chi connectivity index (χ1v) is 10.6. The first-order valence-electron chi connectivity index (χ1n) is 10.6. The lowest BCUT2D eigenvalue weighted by Gasteiger charge is -2.40. The van der Waals surface area contributed by atoms with E-state index in [9.17, 15) is 14.4 Å². The van der Waals surface area contributed by atoms with Crippen LogP contribution in [0.1, 0.15) is 36.8 Å². The molecule has 4 rings (SSSR count). The SMILES string of the molecule is CC(NC(=O)OCC1c2ccccc2-c2ccccc21)C(=O)N1CC(CCC(=O)O)C1. The van der Waals surface area contributed by atoms with E-state index in [1.54, 1.807) is 11.8 Å². The molecule has 2 aromatic carbocycles. The summed E-state index contributed by atoms with van der Waals surface area (Å²) in [4.78, 5) is 37.1. The van der Waals surface area contributed by atoms with Gasteiger partial charge in [0.05, 0.1) is 0 Å². The summed E-state index contributed by atoms with van der Waals surface area (Å²) < 4.78 is 5.49. The Balaban J connectivity index is 1.28. The van der Waals surface area contributed by atoms with E-state index in [1.807, 2.05) is 24.3 Å². The van der Waals surface area contributed by atoms with Crippen molar-refractivity contribution in [2.75, 3.05) is 19.7 Å². The number of hydrogen-bond acceptors (Lipinski definition) is 4. The number of nitrogens with zero attached hydrogens (tertiary/aromatic N) is 1. The number of hydrogen-bond donors (Lipinski definition) is 2. The highest BCUT2D eigenvalue weighted by molar-refractivity contribution is 5.86. The number of benzene rings is 2. The first kappa shape index (κ1) is 20.9. The van der Waals surface area contributed by atoms with Gasteiger partial charge < -0.3 is 20.1 Å². The van der Waals surface area contributed by atoms with Crippen molar-refractivity contribution in [3.8, 4) is 11.1 Å². The normalized spacial score (nSPS) is 16.1. The van der Waals surface area contributed by atoms with Crippen molar-refractivity contribution in [3.63, 3.8) is 0 Å². The Labute approximate surface area is 181 Å². The number of aliphatic carboxylic acids is 1. The van der Waals surface area contributed by atoms with Crippen LogP contribution in [-0.4, -0.2) is 53.7 Å². The van der Waals surface area contributed by atoms with Gasteiger partial charge in [0, 0.05) is 25.4 Å². The molecule has 0 radical (unpaired) electrons. The summed E-state index contributed by atoms with van der Waals surface area (Å²) in [7, 11) is 0. The fourth-order valence-corrected chi connectivity index (χ4v) is 4.41. The van der Waals surface area contributed by atoms with Crippen molar-refractivity contribution in [2.45, 2.75) is 31.7 Å². The molecular weight excluding hydrogens is 396 g/mol. The Hall–Kier alpha value is -3.35. The van der Waals surface area contributed by atoms with E-state index >= 15 is 0 Å². The maximum absolute atomic E-state index is 12.5. The monoisotopic (exact) mass is 422 g/mol. The summed E-state index contributed by atoms with van der Waals surface area (Å²) in [5.74, 6) is -0.827. The fourth-order valence-electron chi connectivity index (χ4n) is 4.41. The molecule has 1 aliphatic heterocycles. The minimum Gasteiger partial charge on any atom is -0.481 e. The van der Waals surface area contributed by atoms with Crippen molar-refractivity contribution in [3.05, 3.63) is 59.7 Å². The quantitative estimate of drug-likeness (QED) is 0.714. The summed E-state index contributed by atoms with van der Waals surface area (Å²) in [5, 5.41) is 11.4. The Kier molecular flexibility index (Phi) is 5.93. The van der Waals surface area contributed by atoms with Crippen molar-refractivity contribution in [1.29, 1.82) is 0 Å². The number of fused-ring (bicyclic) bond motifs is 3. The van der Waals surface area contributed by atoms with Crippen LogP contribution < -0.4 is 5.32 Å². The molecule has 2 amide bonds. The predicted octanol–water partition coefficient (Wildman–Crippen LogP) is 3.24. The van der Waals surface area contributed by atoms with Gasteiger partial charge in [0.15, 0.2) is 0 Å². The van der Waals surface area contributed by atoms with Gasteiger partial charge in [0.1, 0.15) is 12.6 Å². The second-order valence-electron chi connectivity index (χ2n) is 8.23. The number of nitrogens with one attached hydrogen (secondary N) is 1. The van der Waals surface area contributed by atoms with Crippen molar-refractivity contribution in [1.82, 2.24) is 10.2 Å². The highest BCUT2D eigenvalue weighted by atomic mass is 16.5. The van der Waals surface area contributed by atoms with E-state index in [0.29, 0.717) is 19.5 Å².